The molecule has 1 aromatic carbocycles. The van der Waals surface area contributed by atoms with Crippen LogP contribution >= 0.6 is 0 Å². The summed E-state index contributed by atoms with van der Waals surface area (Å²) in [5.41, 5.74) is 11.0. The molecular weight excluding hydrogens is 220 g/mol. The molecule has 17 heavy (non-hydrogen) atoms. The summed E-state index contributed by atoms with van der Waals surface area (Å²) >= 11 is 0. The fourth-order valence-corrected chi connectivity index (χ4v) is 1.26. The van der Waals surface area contributed by atoms with Crippen LogP contribution < -0.4 is 11.5 Å². The Bertz CT molecular complexity index is 556. The fraction of sp³-hybridized carbons (Fsp3) is 0. The summed E-state index contributed by atoms with van der Waals surface area (Å²) < 4.78 is 5.17. The maximum atomic E-state index is 11.4. The maximum absolute atomic E-state index is 11.4. The lowest BCUT2D eigenvalue weighted by atomic mass is 10.2. The number of guanidine groups is 1. The molecule has 0 fully saturated rings. The highest BCUT2D eigenvalue weighted by atomic mass is 16.3. The number of nitrogens with two attached hydrogens (primary N) is 2. The van der Waals surface area contributed by atoms with Crippen LogP contribution in [0.15, 0.2) is 46.0 Å². The number of amides is 1. The fourth-order valence-electron chi connectivity index (χ4n) is 1.26. The Labute approximate surface area is 97.0 Å². The normalized spacial score (nSPS) is 9.88. The van der Waals surface area contributed by atoms with Crippen molar-refractivity contribution >= 4 is 11.9 Å². The van der Waals surface area contributed by atoms with Gasteiger partial charge in [-0.1, -0.05) is 18.2 Å². The minimum atomic E-state index is -0.629. The molecule has 0 spiro atoms. The summed E-state index contributed by atoms with van der Waals surface area (Å²) in [5.74, 6) is -0.588. The average Bonchev–Trinajstić information content (AvgIpc) is 2.78. The molecular formula is C11H10N4O2. The van der Waals surface area contributed by atoms with E-state index in [1.807, 2.05) is 30.3 Å². The van der Waals surface area contributed by atoms with Crippen molar-refractivity contribution < 1.29 is 9.21 Å². The van der Waals surface area contributed by atoms with Gasteiger partial charge in [0.15, 0.2) is 11.7 Å². The quantitative estimate of drug-likeness (QED) is 0.584. The molecule has 0 radical (unpaired) electrons. The number of aromatic nitrogens is 1. The number of carbonyl (C=O) groups excluding carboxylic acids is 1. The van der Waals surface area contributed by atoms with Crippen molar-refractivity contribution in [3.8, 4) is 11.5 Å². The zero-order valence-corrected chi connectivity index (χ0v) is 8.83. The van der Waals surface area contributed by atoms with Crippen molar-refractivity contribution in [1.29, 1.82) is 0 Å². The van der Waals surface area contributed by atoms with Crippen LogP contribution in [0.25, 0.3) is 11.5 Å². The van der Waals surface area contributed by atoms with Crippen LogP contribution in [0.3, 0.4) is 0 Å². The third-order valence-corrected chi connectivity index (χ3v) is 1.97. The van der Waals surface area contributed by atoms with E-state index in [2.05, 4.69) is 9.98 Å². The molecule has 0 saturated heterocycles. The van der Waals surface area contributed by atoms with Crippen LogP contribution in [0, 0.1) is 0 Å². The lowest BCUT2D eigenvalue weighted by Gasteiger charge is -1.92. The summed E-state index contributed by atoms with van der Waals surface area (Å²) in [7, 11) is 0. The molecule has 2 rings (SSSR count). The van der Waals surface area contributed by atoms with Crippen LogP contribution in [0.4, 0.5) is 0 Å². The predicted molar refractivity (Wildman–Crippen MR) is 62.1 cm³/mol. The van der Waals surface area contributed by atoms with E-state index in [1.165, 1.54) is 6.26 Å². The molecule has 2 aromatic rings. The molecule has 6 nitrogen and oxygen atoms in total. The third-order valence-electron chi connectivity index (χ3n) is 1.97. The van der Waals surface area contributed by atoms with Crippen molar-refractivity contribution in [2.75, 3.05) is 0 Å². The highest BCUT2D eigenvalue weighted by Crippen LogP contribution is 2.18. The number of hydrogen-bond acceptors (Lipinski definition) is 3. The van der Waals surface area contributed by atoms with E-state index < -0.39 is 5.91 Å². The number of hydrogen-bond donors (Lipinski definition) is 2. The minimum absolute atomic E-state index is 0.0669. The standard InChI is InChI=1S/C11H10N4O2/c12-11(13)15-9(16)8-6-17-10(14-8)7-4-2-1-3-5-7/h1-6H,(H4,12,13,15,16). The molecule has 1 amide bonds. The second-order valence-corrected chi connectivity index (χ2v) is 3.25. The first-order valence-corrected chi connectivity index (χ1v) is 4.82. The van der Waals surface area contributed by atoms with E-state index in [9.17, 15) is 4.79 Å². The summed E-state index contributed by atoms with van der Waals surface area (Å²) in [6.45, 7) is 0. The van der Waals surface area contributed by atoms with Gasteiger partial charge in [0.05, 0.1) is 0 Å². The third kappa shape index (κ3) is 2.49. The molecule has 0 aliphatic heterocycles. The number of nitrogens with zero attached hydrogens (tertiary/aromatic N) is 2. The Balaban J connectivity index is 2.28. The first-order chi connectivity index (χ1) is 8.16. The largest absolute Gasteiger partial charge is 0.444 e. The first-order valence-electron chi connectivity index (χ1n) is 4.82. The monoisotopic (exact) mass is 230 g/mol. The van der Waals surface area contributed by atoms with E-state index in [0.29, 0.717) is 5.89 Å². The van der Waals surface area contributed by atoms with Crippen molar-refractivity contribution in [1.82, 2.24) is 4.98 Å². The van der Waals surface area contributed by atoms with E-state index >= 15 is 0 Å². The van der Waals surface area contributed by atoms with E-state index in [1.54, 1.807) is 0 Å². The van der Waals surface area contributed by atoms with Gasteiger partial charge >= 0.3 is 5.91 Å². The zero-order chi connectivity index (χ0) is 12.3. The van der Waals surface area contributed by atoms with Gasteiger partial charge < -0.3 is 15.9 Å². The second kappa shape index (κ2) is 4.48. The minimum Gasteiger partial charge on any atom is -0.444 e. The van der Waals surface area contributed by atoms with Gasteiger partial charge in [-0.25, -0.2) is 4.98 Å². The topological polar surface area (TPSA) is 108 Å². The lowest BCUT2D eigenvalue weighted by molar-refractivity contribution is 0.0998. The van der Waals surface area contributed by atoms with Crippen molar-refractivity contribution in [2.45, 2.75) is 0 Å². The van der Waals surface area contributed by atoms with Gasteiger partial charge in [-0.3, -0.25) is 4.79 Å². The summed E-state index contributed by atoms with van der Waals surface area (Å²) in [6.07, 6.45) is 1.22. The van der Waals surface area contributed by atoms with Gasteiger partial charge in [0.1, 0.15) is 6.26 Å². The molecule has 1 aromatic heterocycles. The highest BCUT2D eigenvalue weighted by Gasteiger charge is 2.12. The number of oxazole rings is 1. The number of benzene rings is 1. The molecule has 0 aliphatic carbocycles. The molecule has 86 valence electrons. The van der Waals surface area contributed by atoms with Gasteiger partial charge in [0.2, 0.25) is 5.89 Å². The van der Waals surface area contributed by atoms with Crippen LogP contribution in [0.5, 0.6) is 0 Å². The number of aliphatic imine (C=N–C) groups is 1. The summed E-state index contributed by atoms with van der Waals surface area (Å²) in [6, 6.07) is 9.20. The smallest absolute Gasteiger partial charge is 0.302 e. The van der Waals surface area contributed by atoms with E-state index in [4.69, 9.17) is 15.9 Å². The predicted octanol–water partition coefficient (Wildman–Crippen LogP) is 0.755. The van der Waals surface area contributed by atoms with Crippen LogP contribution in [0.1, 0.15) is 10.5 Å². The van der Waals surface area contributed by atoms with Crippen LogP contribution in [0.2, 0.25) is 0 Å². The van der Waals surface area contributed by atoms with Crippen LogP contribution in [-0.4, -0.2) is 16.9 Å². The van der Waals surface area contributed by atoms with Gasteiger partial charge in [0.25, 0.3) is 0 Å². The Kier molecular flexibility index (Phi) is 2.87. The Morgan fingerprint density at radius 3 is 2.59 bits per heavy atom. The van der Waals surface area contributed by atoms with Crippen molar-refractivity contribution in [3.05, 3.63) is 42.3 Å². The molecule has 0 atom stereocenters. The molecule has 0 saturated carbocycles. The molecule has 0 unspecified atom stereocenters. The Morgan fingerprint density at radius 1 is 1.24 bits per heavy atom. The molecule has 0 aliphatic rings. The number of rotatable bonds is 2. The first kappa shape index (κ1) is 10.9. The lowest BCUT2D eigenvalue weighted by Crippen LogP contribution is -2.24. The number of carbonyl (C=O) groups is 1. The summed E-state index contributed by atoms with van der Waals surface area (Å²) in [4.78, 5) is 18.8. The highest BCUT2D eigenvalue weighted by molar-refractivity contribution is 6.00. The molecule has 0 bridgehead atoms. The maximum Gasteiger partial charge on any atom is 0.302 e. The Morgan fingerprint density at radius 2 is 1.94 bits per heavy atom. The summed E-state index contributed by atoms with van der Waals surface area (Å²) in [5, 5.41) is 0. The van der Waals surface area contributed by atoms with Gasteiger partial charge in [-0.15, -0.1) is 0 Å². The second-order valence-electron chi connectivity index (χ2n) is 3.25. The van der Waals surface area contributed by atoms with E-state index in [0.717, 1.165) is 5.56 Å². The molecule has 4 N–H and O–H groups in total. The van der Waals surface area contributed by atoms with Gasteiger partial charge in [-0.2, -0.15) is 4.99 Å². The Hall–Kier alpha value is -2.63. The van der Waals surface area contributed by atoms with Crippen LogP contribution in [-0.2, 0) is 0 Å². The van der Waals surface area contributed by atoms with Gasteiger partial charge in [-0.05, 0) is 12.1 Å². The van der Waals surface area contributed by atoms with Crippen molar-refractivity contribution in [2.24, 2.45) is 16.5 Å². The van der Waals surface area contributed by atoms with E-state index in [-0.39, 0.29) is 11.7 Å². The molecule has 6 heteroatoms. The van der Waals surface area contributed by atoms with Gasteiger partial charge in [0, 0.05) is 5.56 Å². The zero-order valence-electron chi connectivity index (χ0n) is 8.83. The van der Waals surface area contributed by atoms with Crippen molar-refractivity contribution in [3.63, 3.8) is 0 Å². The molecule has 1 heterocycles. The SMILES string of the molecule is NC(N)=NC(=O)c1coc(-c2ccccc2)n1. The average molecular weight is 230 g/mol.